The highest BCUT2D eigenvalue weighted by molar-refractivity contribution is 7.99. The van der Waals surface area contributed by atoms with Gasteiger partial charge in [0.15, 0.2) is 0 Å². The van der Waals surface area contributed by atoms with Crippen LogP contribution in [0.5, 0.6) is 0 Å². The van der Waals surface area contributed by atoms with Gasteiger partial charge in [0.05, 0.1) is 12.1 Å². The number of likely N-dealkylation sites (tertiary alicyclic amines) is 1. The van der Waals surface area contributed by atoms with Crippen LogP contribution in [0, 0.1) is 0 Å². The number of hydrogen-bond acceptors (Lipinski definition) is 7. The zero-order valence-electron chi connectivity index (χ0n) is 17.8. The van der Waals surface area contributed by atoms with Crippen molar-refractivity contribution in [2.75, 3.05) is 32.0 Å². The van der Waals surface area contributed by atoms with Gasteiger partial charge in [-0.2, -0.15) is 0 Å². The van der Waals surface area contributed by atoms with E-state index in [1.165, 1.54) is 0 Å². The Hall–Kier alpha value is -1.49. The van der Waals surface area contributed by atoms with Gasteiger partial charge in [-0.1, -0.05) is 24.3 Å². The van der Waals surface area contributed by atoms with Gasteiger partial charge in [-0.05, 0) is 61.2 Å². The summed E-state index contributed by atoms with van der Waals surface area (Å²) in [4.78, 5) is 14.6. The first-order valence-electron chi connectivity index (χ1n) is 10.5. The van der Waals surface area contributed by atoms with Gasteiger partial charge in [0.2, 0.25) is 10.0 Å². The van der Waals surface area contributed by atoms with E-state index in [2.05, 4.69) is 0 Å². The maximum absolute atomic E-state index is 13.0. The zero-order chi connectivity index (χ0) is 22.6. The summed E-state index contributed by atoms with van der Waals surface area (Å²) < 4.78 is 25.9. The smallest absolute Gasteiger partial charge is 0.218 e. The molecule has 1 aliphatic carbocycles. The van der Waals surface area contributed by atoms with E-state index >= 15 is 0 Å². The molecule has 170 valence electrons. The van der Waals surface area contributed by atoms with Crippen molar-refractivity contribution in [1.82, 2.24) is 4.90 Å². The highest BCUT2D eigenvalue weighted by atomic mass is 32.2. The largest absolute Gasteiger partial charge is 0.394 e. The molecule has 2 unspecified atom stereocenters. The maximum Gasteiger partial charge on any atom is 0.218 e. The molecule has 0 amide bonds. The lowest BCUT2D eigenvalue weighted by molar-refractivity contribution is -0.107. The molecule has 0 spiro atoms. The van der Waals surface area contributed by atoms with Gasteiger partial charge in [-0.25, -0.2) is 13.6 Å². The van der Waals surface area contributed by atoms with E-state index in [-0.39, 0.29) is 6.42 Å². The summed E-state index contributed by atoms with van der Waals surface area (Å²) in [7, 11) is -4.12. The number of carbonyl (C=O) groups is 1. The third kappa shape index (κ3) is 4.40. The Bertz CT molecular complexity index is 984. The summed E-state index contributed by atoms with van der Waals surface area (Å²) >= 11 is 1.62. The van der Waals surface area contributed by atoms with Gasteiger partial charge in [0, 0.05) is 23.6 Å². The molecule has 1 aromatic rings. The van der Waals surface area contributed by atoms with Gasteiger partial charge in [0.25, 0.3) is 0 Å². The lowest BCUT2D eigenvalue weighted by Gasteiger charge is -2.50. The highest BCUT2D eigenvalue weighted by Gasteiger charge is 2.56. The second-order valence-electron chi connectivity index (χ2n) is 7.96. The molecule has 0 aromatic heterocycles. The van der Waals surface area contributed by atoms with Crippen LogP contribution in [-0.2, 0) is 20.4 Å². The topological polar surface area (TPSA) is 127 Å². The van der Waals surface area contributed by atoms with Crippen molar-refractivity contribution in [3.63, 3.8) is 0 Å². The Kier molecular flexibility index (Phi) is 7.77. The number of allylic oxidation sites excluding steroid dienone is 1. The predicted octanol–water partition coefficient (Wildman–Crippen LogP) is 1.61. The average molecular weight is 466 g/mol. The molecule has 31 heavy (non-hydrogen) atoms. The Morgan fingerprint density at radius 2 is 2.00 bits per heavy atom. The molecular formula is C22H31N3O4S2. The van der Waals surface area contributed by atoms with Crippen LogP contribution in [0.15, 0.2) is 40.8 Å². The van der Waals surface area contributed by atoms with Gasteiger partial charge >= 0.3 is 0 Å². The number of hydrogen-bond donors (Lipinski definition) is 3. The number of nitrogens with zero attached hydrogens (tertiary/aromatic N) is 1. The summed E-state index contributed by atoms with van der Waals surface area (Å²) in [5, 5.41) is 15.4. The Morgan fingerprint density at radius 1 is 1.29 bits per heavy atom. The Labute approximate surface area is 188 Å². The molecule has 1 heterocycles. The highest BCUT2D eigenvalue weighted by Crippen LogP contribution is 2.51. The maximum atomic E-state index is 13.0. The number of aliphatic hydroxyl groups is 1. The van der Waals surface area contributed by atoms with Crippen LogP contribution in [-0.4, -0.2) is 62.0 Å². The molecule has 1 saturated heterocycles. The first-order chi connectivity index (χ1) is 14.8. The number of fused-ring (bicyclic) bond motifs is 1. The van der Waals surface area contributed by atoms with Crippen LogP contribution >= 0.6 is 11.8 Å². The third-order valence-electron chi connectivity index (χ3n) is 6.28. The lowest BCUT2D eigenvalue weighted by Crippen LogP contribution is -2.61. The molecule has 2 aliphatic rings. The lowest BCUT2D eigenvalue weighted by atomic mass is 9.72. The van der Waals surface area contributed by atoms with Gasteiger partial charge in [-0.3, -0.25) is 4.90 Å². The molecule has 2 atom stereocenters. The van der Waals surface area contributed by atoms with Crippen molar-refractivity contribution >= 4 is 33.6 Å². The predicted molar refractivity (Wildman–Crippen MR) is 125 cm³/mol. The molecule has 0 bridgehead atoms. The van der Waals surface area contributed by atoms with Crippen LogP contribution < -0.4 is 10.9 Å². The van der Waals surface area contributed by atoms with E-state index in [4.69, 9.17) is 10.9 Å². The quantitative estimate of drug-likeness (QED) is 0.287. The number of aliphatic hydroxyl groups excluding tert-OH is 1. The van der Waals surface area contributed by atoms with E-state index in [0.29, 0.717) is 37.2 Å². The molecule has 5 N–H and O–H groups in total. The van der Waals surface area contributed by atoms with Crippen molar-refractivity contribution in [1.29, 1.82) is 0 Å². The molecular weight excluding hydrogens is 434 g/mol. The fourth-order valence-corrected chi connectivity index (χ4v) is 7.59. The summed E-state index contributed by atoms with van der Waals surface area (Å²) in [5.41, 5.74) is 7.18. The van der Waals surface area contributed by atoms with E-state index < -0.39 is 27.4 Å². The summed E-state index contributed by atoms with van der Waals surface area (Å²) in [6.45, 7) is 3.24. The van der Waals surface area contributed by atoms with Crippen molar-refractivity contribution in [3.05, 3.63) is 47.1 Å². The Morgan fingerprint density at radius 3 is 2.58 bits per heavy atom. The number of thioether (sulfide) groups is 1. The van der Waals surface area contributed by atoms with Crippen LogP contribution in [0.4, 0.5) is 0 Å². The average Bonchev–Trinajstić information content (AvgIpc) is 3.27. The minimum Gasteiger partial charge on any atom is -0.394 e. The van der Waals surface area contributed by atoms with Crippen molar-refractivity contribution in [2.45, 2.75) is 41.9 Å². The minimum atomic E-state index is -4.12. The molecule has 1 aliphatic heterocycles. The second kappa shape index (κ2) is 9.97. The fraction of sp³-hybridized carbons (Fsp3) is 0.500. The van der Waals surface area contributed by atoms with Crippen molar-refractivity contribution in [2.24, 2.45) is 10.9 Å². The molecule has 1 fully saturated rings. The number of carbonyl (C=O) groups excluding carboxylic acids is 1. The van der Waals surface area contributed by atoms with Crippen molar-refractivity contribution in [3.8, 4) is 0 Å². The molecule has 0 saturated carbocycles. The fourth-order valence-electron chi connectivity index (χ4n) is 5.03. The first kappa shape index (κ1) is 24.2. The molecule has 0 radical (unpaired) electrons. The number of primary sulfonamides is 1. The summed E-state index contributed by atoms with van der Waals surface area (Å²) in [6, 6.07) is 5.78. The van der Waals surface area contributed by atoms with Gasteiger partial charge in [-0.15, -0.1) is 11.8 Å². The molecule has 7 nitrogen and oxygen atoms in total. The van der Waals surface area contributed by atoms with Crippen LogP contribution in [0.3, 0.4) is 0 Å². The van der Waals surface area contributed by atoms with Crippen molar-refractivity contribution < 1.29 is 18.3 Å². The zero-order valence-corrected chi connectivity index (χ0v) is 19.4. The van der Waals surface area contributed by atoms with E-state index in [9.17, 15) is 18.3 Å². The van der Waals surface area contributed by atoms with E-state index in [1.807, 2.05) is 42.2 Å². The number of aldehydes is 1. The SMILES string of the molecule is CC1=C(CC=O)C(S(N)(=O)=O)C(CO)(N2CCCC2)c2cccc(SCC=CCN)c21. The second-order valence-corrected chi connectivity index (χ2v) is 10.7. The van der Waals surface area contributed by atoms with E-state index in [1.54, 1.807) is 11.8 Å². The summed E-state index contributed by atoms with van der Waals surface area (Å²) in [6.07, 6.45) is 6.38. The van der Waals surface area contributed by atoms with Gasteiger partial charge in [0.1, 0.15) is 11.5 Å². The number of benzene rings is 1. The first-order valence-corrected chi connectivity index (χ1v) is 13.0. The number of nitrogens with two attached hydrogens (primary N) is 2. The molecule has 9 heteroatoms. The van der Waals surface area contributed by atoms with E-state index in [0.717, 1.165) is 34.4 Å². The van der Waals surface area contributed by atoms with Crippen LogP contribution in [0.2, 0.25) is 0 Å². The molecule has 3 rings (SSSR count). The minimum absolute atomic E-state index is 0.0476. The normalized spacial score (nSPS) is 24.7. The van der Waals surface area contributed by atoms with Crippen LogP contribution in [0.25, 0.3) is 5.57 Å². The number of sulfonamides is 1. The standard InChI is InChI=1S/C22H31N3O4S2/c1-16-17(9-13-26)21(31(24,28)29)22(15-27,25-11-3-4-12-25)18-7-6-8-19(20(16)18)30-14-5-2-10-23/h2,5-8,13,21,27H,3-4,9-12,14-15,23H2,1H3,(H2,24,28,29). The van der Waals surface area contributed by atoms with Crippen LogP contribution in [0.1, 0.15) is 37.3 Å². The molecule has 1 aromatic carbocycles. The number of rotatable bonds is 9. The summed E-state index contributed by atoms with van der Waals surface area (Å²) in [5.74, 6) is 0.707. The third-order valence-corrected chi connectivity index (χ3v) is 8.62. The monoisotopic (exact) mass is 465 g/mol. The Balaban J connectivity index is 2.31. The van der Waals surface area contributed by atoms with Gasteiger partial charge < -0.3 is 15.6 Å².